The van der Waals surface area contributed by atoms with Crippen molar-refractivity contribution in [2.75, 3.05) is 18.2 Å². The summed E-state index contributed by atoms with van der Waals surface area (Å²) in [6, 6.07) is 4.47. The van der Waals surface area contributed by atoms with Crippen LogP contribution in [0.1, 0.15) is 18.5 Å². The quantitative estimate of drug-likeness (QED) is 0.725. The lowest BCUT2D eigenvalue weighted by Crippen LogP contribution is -2.23. The van der Waals surface area contributed by atoms with Crippen LogP contribution < -0.4 is 0 Å². The van der Waals surface area contributed by atoms with Crippen LogP contribution in [0.25, 0.3) is 0 Å². The molecule has 1 aliphatic heterocycles. The van der Waals surface area contributed by atoms with Crippen molar-refractivity contribution in [1.29, 1.82) is 0 Å². The fourth-order valence-corrected chi connectivity index (χ4v) is 3.12. The van der Waals surface area contributed by atoms with Crippen molar-refractivity contribution in [3.63, 3.8) is 0 Å². The Morgan fingerprint density at radius 2 is 2.50 bits per heavy atom. The normalized spacial score (nSPS) is 22.9. The van der Waals surface area contributed by atoms with E-state index < -0.39 is 0 Å². The van der Waals surface area contributed by atoms with Gasteiger partial charge in [0, 0.05) is 23.9 Å². The van der Waals surface area contributed by atoms with Crippen molar-refractivity contribution in [2.24, 2.45) is 0 Å². The van der Waals surface area contributed by atoms with Crippen molar-refractivity contribution in [3.8, 4) is 0 Å². The summed E-state index contributed by atoms with van der Waals surface area (Å²) >= 11 is 7.74. The predicted molar refractivity (Wildman–Crippen MR) is 61.7 cm³/mol. The van der Waals surface area contributed by atoms with Crippen molar-refractivity contribution in [1.82, 2.24) is 9.88 Å². The molecule has 0 N–H and O–H groups in total. The Morgan fingerprint density at radius 3 is 3.14 bits per heavy atom. The maximum Gasteiger partial charge on any atom is 0.129 e. The lowest BCUT2D eigenvalue weighted by atomic mass is 10.1. The first kappa shape index (κ1) is 10.3. The first-order valence-electron chi connectivity index (χ1n) is 4.74. The molecule has 1 fully saturated rings. The summed E-state index contributed by atoms with van der Waals surface area (Å²) in [4.78, 5) is 6.58. The molecule has 0 aromatic carbocycles. The fourth-order valence-electron chi connectivity index (χ4n) is 1.68. The Balaban J connectivity index is 2.17. The van der Waals surface area contributed by atoms with E-state index in [0.717, 1.165) is 18.2 Å². The van der Waals surface area contributed by atoms with Crippen molar-refractivity contribution in [2.45, 2.75) is 13.0 Å². The second kappa shape index (κ2) is 4.51. The first-order chi connectivity index (χ1) is 6.81. The number of thioether (sulfide) groups is 1. The third-order valence-electron chi connectivity index (χ3n) is 2.51. The van der Waals surface area contributed by atoms with E-state index in [0.29, 0.717) is 11.2 Å². The predicted octanol–water partition coefficient (Wildman–Crippen LogP) is 2.80. The summed E-state index contributed by atoms with van der Waals surface area (Å²) in [6.45, 7) is 3.29. The van der Waals surface area contributed by atoms with E-state index in [1.54, 1.807) is 0 Å². The molecule has 14 heavy (non-hydrogen) atoms. The molecule has 76 valence electrons. The standard InChI is InChI=1S/C10H13ClN2S/c1-2-13-7-14-6-9(13)8-3-4-10(11)12-5-8/h3-5,9H,2,6-7H2,1H3. The molecule has 1 aliphatic rings. The van der Waals surface area contributed by atoms with Crippen LogP contribution >= 0.6 is 23.4 Å². The van der Waals surface area contributed by atoms with Crippen LogP contribution in [0.4, 0.5) is 0 Å². The van der Waals surface area contributed by atoms with Crippen LogP contribution in [0, 0.1) is 0 Å². The molecule has 4 heteroatoms. The molecule has 1 saturated heterocycles. The Morgan fingerprint density at radius 1 is 1.64 bits per heavy atom. The summed E-state index contributed by atoms with van der Waals surface area (Å²) in [5.74, 6) is 2.29. The molecule has 1 unspecified atom stereocenters. The lowest BCUT2D eigenvalue weighted by Gasteiger charge is -2.21. The van der Waals surface area contributed by atoms with Gasteiger partial charge in [-0.2, -0.15) is 0 Å². The van der Waals surface area contributed by atoms with E-state index in [4.69, 9.17) is 11.6 Å². The number of hydrogen-bond donors (Lipinski definition) is 0. The molecule has 0 saturated carbocycles. The molecule has 1 atom stereocenters. The molecule has 2 rings (SSSR count). The van der Waals surface area contributed by atoms with E-state index in [9.17, 15) is 0 Å². The highest BCUT2D eigenvalue weighted by Crippen LogP contribution is 2.32. The monoisotopic (exact) mass is 228 g/mol. The van der Waals surface area contributed by atoms with Gasteiger partial charge in [0.05, 0.1) is 0 Å². The number of pyridine rings is 1. The number of hydrogen-bond acceptors (Lipinski definition) is 3. The zero-order valence-corrected chi connectivity index (χ0v) is 9.68. The van der Waals surface area contributed by atoms with Crippen molar-refractivity contribution < 1.29 is 0 Å². The third-order valence-corrected chi connectivity index (χ3v) is 3.80. The summed E-state index contributed by atoms with van der Waals surface area (Å²) in [5.41, 5.74) is 1.28. The lowest BCUT2D eigenvalue weighted by molar-refractivity contribution is 0.283. The van der Waals surface area contributed by atoms with Gasteiger partial charge in [-0.1, -0.05) is 24.6 Å². The van der Waals surface area contributed by atoms with Gasteiger partial charge < -0.3 is 0 Å². The van der Waals surface area contributed by atoms with Crippen LogP contribution in [0.2, 0.25) is 5.15 Å². The van der Waals surface area contributed by atoms with Gasteiger partial charge in [0.2, 0.25) is 0 Å². The van der Waals surface area contributed by atoms with Gasteiger partial charge in [-0.05, 0) is 18.2 Å². The zero-order valence-electron chi connectivity index (χ0n) is 8.11. The van der Waals surface area contributed by atoms with Gasteiger partial charge in [0.1, 0.15) is 5.15 Å². The van der Waals surface area contributed by atoms with Crippen LogP contribution in [0.15, 0.2) is 18.3 Å². The van der Waals surface area contributed by atoms with Crippen LogP contribution in [-0.2, 0) is 0 Å². The average molecular weight is 229 g/mol. The SMILES string of the molecule is CCN1CSCC1c1ccc(Cl)nc1. The molecular formula is C10H13ClN2S. The second-order valence-electron chi connectivity index (χ2n) is 3.33. The molecular weight excluding hydrogens is 216 g/mol. The topological polar surface area (TPSA) is 16.1 Å². The van der Waals surface area contributed by atoms with E-state index in [-0.39, 0.29) is 0 Å². The number of aromatic nitrogens is 1. The highest BCUT2D eigenvalue weighted by atomic mass is 35.5. The summed E-state index contributed by atoms with van der Waals surface area (Å²) in [6.07, 6.45) is 1.89. The third kappa shape index (κ3) is 2.05. The molecule has 0 radical (unpaired) electrons. The van der Waals surface area contributed by atoms with Crippen LogP contribution in [0.5, 0.6) is 0 Å². The van der Waals surface area contributed by atoms with Gasteiger partial charge in [-0.15, -0.1) is 11.8 Å². The highest BCUT2D eigenvalue weighted by Gasteiger charge is 2.24. The molecule has 1 aromatic heterocycles. The smallest absolute Gasteiger partial charge is 0.129 e. The van der Waals surface area contributed by atoms with E-state index in [1.807, 2.05) is 24.0 Å². The fraction of sp³-hybridized carbons (Fsp3) is 0.500. The minimum Gasteiger partial charge on any atom is -0.287 e. The molecule has 2 nitrogen and oxygen atoms in total. The Labute approximate surface area is 93.7 Å². The molecule has 1 aromatic rings. The molecule has 0 amide bonds. The summed E-state index contributed by atoms with van der Waals surface area (Å²) in [5, 5.41) is 0.572. The number of nitrogens with zero attached hydrogens (tertiary/aromatic N) is 2. The van der Waals surface area contributed by atoms with Gasteiger partial charge in [-0.25, -0.2) is 4.98 Å². The van der Waals surface area contributed by atoms with Crippen LogP contribution in [0.3, 0.4) is 0 Å². The Kier molecular flexibility index (Phi) is 3.31. The molecule has 2 heterocycles. The first-order valence-corrected chi connectivity index (χ1v) is 6.27. The van der Waals surface area contributed by atoms with E-state index in [1.165, 1.54) is 5.56 Å². The minimum absolute atomic E-state index is 0.523. The number of halogens is 1. The Bertz CT molecular complexity index is 301. The minimum atomic E-state index is 0.523. The summed E-state index contributed by atoms with van der Waals surface area (Å²) < 4.78 is 0. The summed E-state index contributed by atoms with van der Waals surface area (Å²) in [7, 11) is 0. The van der Waals surface area contributed by atoms with E-state index >= 15 is 0 Å². The number of rotatable bonds is 2. The van der Waals surface area contributed by atoms with Gasteiger partial charge >= 0.3 is 0 Å². The van der Waals surface area contributed by atoms with Gasteiger partial charge in [0.25, 0.3) is 0 Å². The van der Waals surface area contributed by atoms with Gasteiger partial charge in [0.15, 0.2) is 0 Å². The van der Waals surface area contributed by atoms with Crippen LogP contribution in [-0.4, -0.2) is 28.1 Å². The molecule has 0 spiro atoms. The van der Waals surface area contributed by atoms with Crippen molar-refractivity contribution in [3.05, 3.63) is 29.0 Å². The maximum absolute atomic E-state index is 5.76. The molecule has 0 bridgehead atoms. The van der Waals surface area contributed by atoms with E-state index in [2.05, 4.69) is 22.9 Å². The Hall–Kier alpha value is -0.250. The van der Waals surface area contributed by atoms with Crippen molar-refractivity contribution >= 4 is 23.4 Å². The molecule has 0 aliphatic carbocycles. The highest BCUT2D eigenvalue weighted by molar-refractivity contribution is 7.99. The zero-order chi connectivity index (χ0) is 9.97. The largest absolute Gasteiger partial charge is 0.287 e. The average Bonchev–Trinajstić information content (AvgIpc) is 2.67. The second-order valence-corrected chi connectivity index (χ2v) is 4.72. The van der Waals surface area contributed by atoms with Gasteiger partial charge in [-0.3, -0.25) is 4.90 Å². The maximum atomic E-state index is 5.76.